The first-order valence-electron chi connectivity index (χ1n) is 11.7. The van der Waals surface area contributed by atoms with E-state index in [-0.39, 0.29) is 26.4 Å². The van der Waals surface area contributed by atoms with E-state index in [2.05, 4.69) is 25.3 Å². The van der Waals surface area contributed by atoms with Crippen LogP contribution in [0.4, 0.5) is 0 Å². The third-order valence-corrected chi connectivity index (χ3v) is 5.27. The Hall–Kier alpha value is -4.42. The van der Waals surface area contributed by atoms with Crippen LogP contribution in [-0.2, 0) is 14.2 Å². The second-order valence-electron chi connectivity index (χ2n) is 7.80. The van der Waals surface area contributed by atoms with Gasteiger partial charge in [-0.3, -0.25) is 14.7 Å². The van der Waals surface area contributed by atoms with Gasteiger partial charge in [-0.15, -0.1) is 0 Å². The van der Waals surface area contributed by atoms with E-state index in [0.717, 1.165) is 16.5 Å². The minimum absolute atomic E-state index is 0. The second kappa shape index (κ2) is 16.6. The molecule has 0 bridgehead atoms. The van der Waals surface area contributed by atoms with Gasteiger partial charge in [0.05, 0.1) is 53.8 Å². The monoisotopic (exact) mass is 634 g/mol. The van der Waals surface area contributed by atoms with Gasteiger partial charge in [0.25, 0.3) is 0 Å². The normalized spacial score (nSPS) is 9.76. The molecule has 5 rings (SSSR count). The molecule has 0 saturated carbocycles. The van der Waals surface area contributed by atoms with Gasteiger partial charge in [0.1, 0.15) is 23.8 Å². The van der Waals surface area contributed by atoms with Gasteiger partial charge in [-0.25, -0.2) is 14.6 Å². The summed E-state index contributed by atoms with van der Waals surface area (Å²) in [5.41, 5.74) is 2.26. The van der Waals surface area contributed by atoms with Crippen LogP contribution < -0.4 is 9.47 Å². The standard InChI is InChI=1S/C15H15N3O3.C10H11N3O2.2CH4.O2Se/c1-3-20-14-12(10(2)19)7-16-15-13(14)8-17-18(15)9-11-5-4-6-21-11;1-3-15-9-7(6(2)14)4-11-10-8(9)5-12-13-10;;;1-3-2/h4-8H,3,9H2,1-2H3;4-5H,3H2,1-2H3,(H,11,12,13);2*1H4;. The van der Waals surface area contributed by atoms with Gasteiger partial charge in [0, 0.05) is 12.4 Å². The minimum atomic E-state index is -1.62. The number of furan rings is 1. The molecule has 0 unspecified atom stereocenters. The number of ketones is 2. The van der Waals surface area contributed by atoms with Crippen molar-refractivity contribution in [1.29, 1.82) is 0 Å². The maximum atomic E-state index is 11.7. The van der Waals surface area contributed by atoms with E-state index in [1.54, 1.807) is 23.3 Å². The van der Waals surface area contributed by atoms with Gasteiger partial charge in [0.2, 0.25) is 0 Å². The molecule has 0 amide bonds. The van der Waals surface area contributed by atoms with E-state index < -0.39 is 14.8 Å². The van der Waals surface area contributed by atoms with Crippen molar-refractivity contribution in [2.45, 2.75) is 49.1 Å². The first kappa shape index (κ1) is 34.6. The van der Waals surface area contributed by atoms with Gasteiger partial charge < -0.3 is 13.9 Å². The number of hydrogen-bond donors (Lipinski definition) is 1. The summed E-state index contributed by atoms with van der Waals surface area (Å²) >= 11 is -1.62. The van der Waals surface area contributed by atoms with Crippen molar-refractivity contribution in [3.05, 3.63) is 60.1 Å². The summed E-state index contributed by atoms with van der Waals surface area (Å²) in [6, 6.07) is 3.70. The summed E-state index contributed by atoms with van der Waals surface area (Å²) in [5, 5.41) is 12.4. The number of H-pyrrole nitrogens is 1. The molecule has 0 aliphatic carbocycles. The number of carbonyl (C=O) groups excluding carboxylic acids is 2. The number of aromatic nitrogens is 6. The van der Waals surface area contributed by atoms with E-state index in [4.69, 9.17) is 21.6 Å². The number of Topliss-reactive ketones (excluding diaryl/α,β-unsaturated/α-hetero) is 2. The number of nitrogens with one attached hydrogen (secondary N) is 1. The van der Waals surface area contributed by atoms with Gasteiger partial charge in [-0.2, -0.15) is 10.2 Å². The molecule has 13 nitrogen and oxygen atoms in total. The molecule has 1 N–H and O–H groups in total. The van der Waals surface area contributed by atoms with Crippen molar-refractivity contribution in [2.75, 3.05) is 13.2 Å². The molecule has 0 radical (unpaired) electrons. The van der Waals surface area contributed by atoms with Crippen molar-refractivity contribution in [1.82, 2.24) is 29.9 Å². The number of fused-ring (bicyclic) bond motifs is 2. The second-order valence-corrected chi connectivity index (χ2v) is 8.09. The Morgan fingerprint density at radius 2 is 1.51 bits per heavy atom. The molecule has 0 aliphatic rings. The van der Waals surface area contributed by atoms with Crippen LogP contribution in [0.5, 0.6) is 11.5 Å². The zero-order chi connectivity index (χ0) is 28.4. The van der Waals surface area contributed by atoms with Crippen LogP contribution in [0.2, 0.25) is 0 Å². The topological polar surface area (TPSA) is 172 Å². The molecule has 0 aromatic carbocycles. The summed E-state index contributed by atoms with van der Waals surface area (Å²) in [6.07, 6.45) is 7.94. The fourth-order valence-electron chi connectivity index (χ4n) is 3.65. The number of hydrogen-bond acceptors (Lipinski definition) is 11. The molecular weight excluding hydrogens is 599 g/mol. The molecule has 5 aromatic rings. The summed E-state index contributed by atoms with van der Waals surface area (Å²) in [6.45, 7) is 8.20. The number of nitrogens with zero attached hydrogens (tertiary/aromatic N) is 5. The van der Waals surface area contributed by atoms with Crippen molar-refractivity contribution in [3.8, 4) is 11.5 Å². The number of pyridine rings is 2. The SMILES string of the molecule is C.C.CCOc1c(C(C)=O)cnc2[nH]ncc12.CCOc1c(C(C)=O)cnc2c1cnn2Cc1ccco1.O=[Se]=O. The molecule has 0 saturated heterocycles. The van der Waals surface area contributed by atoms with Crippen LogP contribution in [0.25, 0.3) is 22.1 Å². The molecule has 5 aromatic heterocycles. The maximum absolute atomic E-state index is 11.7. The predicted octanol–water partition coefficient (Wildman–Crippen LogP) is 4.89. The fraction of sp³-hybridized carbons (Fsp3) is 0.333. The Morgan fingerprint density at radius 1 is 0.927 bits per heavy atom. The van der Waals surface area contributed by atoms with Crippen molar-refractivity contribution in [3.63, 3.8) is 0 Å². The summed E-state index contributed by atoms with van der Waals surface area (Å²) < 4.78 is 35.0. The quantitative estimate of drug-likeness (QED) is 0.182. The fourth-order valence-corrected chi connectivity index (χ4v) is 3.65. The van der Waals surface area contributed by atoms with Crippen LogP contribution in [0.1, 0.15) is 69.0 Å². The molecule has 0 atom stereocenters. The summed E-state index contributed by atoms with van der Waals surface area (Å²) in [5.74, 6) is 1.75. The number of rotatable bonds is 8. The van der Waals surface area contributed by atoms with E-state index in [0.29, 0.717) is 53.7 Å². The zero-order valence-electron chi connectivity index (χ0n) is 21.7. The van der Waals surface area contributed by atoms with Gasteiger partial charge >= 0.3 is 22.5 Å². The van der Waals surface area contributed by atoms with E-state index in [1.165, 1.54) is 26.2 Å². The summed E-state index contributed by atoms with van der Waals surface area (Å²) in [7, 11) is 0. The molecule has 41 heavy (non-hydrogen) atoms. The average molecular weight is 634 g/mol. The zero-order valence-corrected chi connectivity index (χ0v) is 23.4. The molecular formula is C27H34N6O7Se. The van der Waals surface area contributed by atoms with Crippen LogP contribution in [-0.4, -0.2) is 69.5 Å². The predicted molar refractivity (Wildman–Crippen MR) is 152 cm³/mol. The Morgan fingerprint density at radius 3 is 2.05 bits per heavy atom. The van der Waals surface area contributed by atoms with E-state index in [9.17, 15) is 9.59 Å². The van der Waals surface area contributed by atoms with Crippen LogP contribution >= 0.6 is 0 Å². The molecule has 5 heterocycles. The Labute approximate surface area is 243 Å². The molecule has 220 valence electrons. The first-order valence-corrected chi connectivity index (χ1v) is 13.1. The van der Waals surface area contributed by atoms with E-state index in [1.807, 2.05) is 26.0 Å². The Bertz CT molecular complexity index is 1610. The average Bonchev–Trinajstić information content (AvgIpc) is 3.67. The number of ether oxygens (including phenoxy) is 2. The Kier molecular flexibility index (Phi) is 14.0. The molecule has 14 heteroatoms. The van der Waals surface area contributed by atoms with Crippen LogP contribution in [0, 0.1) is 0 Å². The van der Waals surface area contributed by atoms with Gasteiger partial charge in [-0.1, -0.05) is 14.9 Å². The van der Waals surface area contributed by atoms with Crippen LogP contribution in [0.3, 0.4) is 0 Å². The van der Waals surface area contributed by atoms with Crippen molar-refractivity contribution >= 4 is 48.5 Å². The molecule has 0 spiro atoms. The van der Waals surface area contributed by atoms with Crippen LogP contribution in [0.15, 0.2) is 47.6 Å². The molecule has 0 fully saturated rings. The third-order valence-electron chi connectivity index (χ3n) is 5.27. The van der Waals surface area contributed by atoms with Gasteiger partial charge in [0.15, 0.2) is 22.9 Å². The van der Waals surface area contributed by atoms with E-state index >= 15 is 0 Å². The third kappa shape index (κ3) is 8.29. The van der Waals surface area contributed by atoms with Crippen molar-refractivity contribution < 1.29 is 31.1 Å². The molecule has 0 aliphatic heterocycles. The first-order chi connectivity index (χ1) is 18.9. The summed E-state index contributed by atoms with van der Waals surface area (Å²) in [4.78, 5) is 31.5. The van der Waals surface area contributed by atoms with Gasteiger partial charge in [-0.05, 0) is 39.8 Å². The van der Waals surface area contributed by atoms with Crippen molar-refractivity contribution in [2.24, 2.45) is 0 Å². The number of aromatic amines is 1. The Balaban J connectivity index is 0.000000373. The number of carbonyl (C=O) groups is 2.